The summed E-state index contributed by atoms with van der Waals surface area (Å²) in [6.45, 7) is 3.08. The molecule has 116 valence electrons. The summed E-state index contributed by atoms with van der Waals surface area (Å²) >= 11 is 6.04. The van der Waals surface area contributed by atoms with Gasteiger partial charge in [0.2, 0.25) is 0 Å². The van der Waals surface area contributed by atoms with Crippen molar-refractivity contribution < 1.29 is 23.8 Å². The highest BCUT2D eigenvalue weighted by atomic mass is 35.5. The predicted octanol–water partition coefficient (Wildman–Crippen LogP) is 2.04. The van der Waals surface area contributed by atoms with Crippen LogP contribution in [-0.2, 0) is 9.53 Å². The fourth-order valence-electron chi connectivity index (χ4n) is 1.71. The van der Waals surface area contributed by atoms with Crippen molar-refractivity contribution in [2.45, 2.75) is 19.4 Å². The lowest BCUT2D eigenvalue weighted by Crippen LogP contribution is -2.50. The van der Waals surface area contributed by atoms with Gasteiger partial charge in [-0.3, -0.25) is 4.79 Å². The van der Waals surface area contributed by atoms with Crippen molar-refractivity contribution in [3.05, 3.63) is 22.7 Å². The zero-order valence-electron chi connectivity index (χ0n) is 12.6. The van der Waals surface area contributed by atoms with Gasteiger partial charge in [-0.15, -0.1) is 0 Å². The summed E-state index contributed by atoms with van der Waals surface area (Å²) in [7, 11) is 4.14. The van der Waals surface area contributed by atoms with Crippen molar-refractivity contribution in [3.8, 4) is 11.5 Å². The summed E-state index contributed by atoms with van der Waals surface area (Å²) in [5.41, 5.74) is -0.916. The first-order valence-electron chi connectivity index (χ1n) is 6.09. The van der Waals surface area contributed by atoms with E-state index < -0.39 is 17.4 Å². The Bertz CT molecular complexity index is 557. The summed E-state index contributed by atoms with van der Waals surface area (Å²) in [5.74, 6) is -0.371. The second kappa shape index (κ2) is 6.67. The fraction of sp³-hybridized carbons (Fsp3) is 0.429. The van der Waals surface area contributed by atoms with Crippen LogP contribution in [0, 0.1) is 0 Å². The molecular weight excluding hydrogens is 298 g/mol. The Balaban J connectivity index is 3.09. The summed E-state index contributed by atoms with van der Waals surface area (Å²) in [6.07, 6.45) is 0. The van der Waals surface area contributed by atoms with Crippen LogP contribution in [0.2, 0.25) is 5.02 Å². The van der Waals surface area contributed by atoms with Crippen LogP contribution in [0.5, 0.6) is 11.5 Å². The predicted molar refractivity (Wildman–Crippen MR) is 78.1 cm³/mol. The van der Waals surface area contributed by atoms with Crippen LogP contribution in [0.4, 0.5) is 0 Å². The van der Waals surface area contributed by atoms with Gasteiger partial charge in [-0.2, -0.15) is 0 Å². The molecule has 0 bridgehead atoms. The quantitative estimate of drug-likeness (QED) is 0.842. The number of hydrogen-bond donors (Lipinski definition) is 1. The van der Waals surface area contributed by atoms with Gasteiger partial charge in [-0.05, 0) is 26.0 Å². The largest absolute Gasteiger partial charge is 0.493 e. The fourth-order valence-corrected chi connectivity index (χ4v) is 2.00. The monoisotopic (exact) mass is 315 g/mol. The number of benzene rings is 1. The van der Waals surface area contributed by atoms with E-state index in [1.54, 1.807) is 13.8 Å². The van der Waals surface area contributed by atoms with Gasteiger partial charge in [-0.25, -0.2) is 4.79 Å². The lowest BCUT2D eigenvalue weighted by atomic mass is 10.0. The van der Waals surface area contributed by atoms with Gasteiger partial charge in [0.05, 0.1) is 26.4 Å². The molecule has 1 aromatic rings. The van der Waals surface area contributed by atoms with Crippen LogP contribution in [0.1, 0.15) is 24.2 Å². The van der Waals surface area contributed by atoms with Crippen LogP contribution in [-0.4, -0.2) is 38.7 Å². The minimum atomic E-state index is -1.16. The van der Waals surface area contributed by atoms with E-state index in [1.165, 1.54) is 33.5 Å². The Morgan fingerprint density at radius 3 is 2.24 bits per heavy atom. The van der Waals surface area contributed by atoms with E-state index in [0.717, 1.165) is 0 Å². The van der Waals surface area contributed by atoms with Crippen LogP contribution in [0.3, 0.4) is 0 Å². The summed E-state index contributed by atoms with van der Waals surface area (Å²) in [6, 6.07) is 2.92. The van der Waals surface area contributed by atoms with E-state index >= 15 is 0 Å². The SMILES string of the molecule is COC(=O)C(C)(C)NC(=O)c1cc(Cl)c(OC)c(OC)c1. The first kappa shape index (κ1) is 17.1. The van der Waals surface area contributed by atoms with Crippen molar-refractivity contribution in [3.63, 3.8) is 0 Å². The lowest BCUT2D eigenvalue weighted by molar-refractivity contribution is -0.146. The Hall–Kier alpha value is -1.95. The van der Waals surface area contributed by atoms with E-state index in [2.05, 4.69) is 10.1 Å². The molecule has 7 heteroatoms. The summed E-state index contributed by atoms with van der Waals surface area (Å²) in [4.78, 5) is 23.8. The Morgan fingerprint density at radius 2 is 1.76 bits per heavy atom. The van der Waals surface area contributed by atoms with Gasteiger partial charge >= 0.3 is 5.97 Å². The minimum Gasteiger partial charge on any atom is -0.493 e. The third-order valence-electron chi connectivity index (χ3n) is 2.82. The molecule has 0 spiro atoms. The Morgan fingerprint density at radius 1 is 1.14 bits per heavy atom. The molecule has 0 aromatic heterocycles. The zero-order valence-corrected chi connectivity index (χ0v) is 13.3. The highest BCUT2D eigenvalue weighted by molar-refractivity contribution is 6.32. The molecule has 0 saturated heterocycles. The molecule has 0 saturated carbocycles. The minimum absolute atomic E-state index is 0.234. The number of esters is 1. The van der Waals surface area contributed by atoms with E-state index in [1.807, 2.05) is 0 Å². The van der Waals surface area contributed by atoms with Gasteiger partial charge in [0.15, 0.2) is 11.5 Å². The normalized spacial score (nSPS) is 10.8. The number of halogens is 1. The molecule has 21 heavy (non-hydrogen) atoms. The van der Waals surface area contributed by atoms with Gasteiger partial charge in [0.1, 0.15) is 5.54 Å². The second-order valence-electron chi connectivity index (χ2n) is 4.76. The molecule has 0 heterocycles. The maximum Gasteiger partial charge on any atom is 0.330 e. The molecule has 1 amide bonds. The molecule has 0 aliphatic rings. The number of nitrogens with one attached hydrogen (secondary N) is 1. The summed E-state index contributed by atoms with van der Waals surface area (Å²) < 4.78 is 14.9. The number of ether oxygens (including phenoxy) is 3. The van der Waals surface area contributed by atoms with Crippen LogP contribution in [0.15, 0.2) is 12.1 Å². The topological polar surface area (TPSA) is 73.9 Å². The van der Waals surface area contributed by atoms with Crippen molar-refractivity contribution >= 4 is 23.5 Å². The molecule has 0 aliphatic heterocycles. The third-order valence-corrected chi connectivity index (χ3v) is 3.10. The average molecular weight is 316 g/mol. The van der Waals surface area contributed by atoms with Crippen molar-refractivity contribution in [1.29, 1.82) is 0 Å². The Kier molecular flexibility index (Phi) is 5.43. The number of amides is 1. The van der Waals surface area contributed by atoms with E-state index in [0.29, 0.717) is 11.5 Å². The molecular formula is C14H18ClNO5. The first-order valence-corrected chi connectivity index (χ1v) is 6.47. The van der Waals surface area contributed by atoms with Crippen molar-refractivity contribution in [1.82, 2.24) is 5.32 Å². The molecule has 0 aliphatic carbocycles. The van der Waals surface area contributed by atoms with Crippen molar-refractivity contribution in [2.75, 3.05) is 21.3 Å². The van der Waals surface area contributed by atoms with Crippen LogP contribution in [0.25, 0.3) is 0 Å². The van der Waals surface area contributed by atoms with Crippen LogP contribution < -0.4 is 14.8 Å². The lowest BCUT2D eigenvalue weighted by Gasteiger charge is -2.23. The smallest absolute Gasteiger partial charge is 0.330 e. The maximum absolute atomic E-state index is 12.2. The van der Waals surface area contributed by atoms with Gasteiger partial charge in [0, 0.05) is 5.56 Å². The third kappa shape index (κ3) is 3.78. The molecule has 0 unspecified atom stereocenters. The van der Waals surface area contributed by atoms with Crippen molar-refractivity contribution in [2.24, 2.45) is 0 Å². The highest BCUT2D eigenvalue weighted by Gasteiger charge is 2.31. The number of hydrogen-bond acceptors (Lipinski definition) is 5. The standard InChI is InChI=1S/C14H18ClNO5/c1-14(2,13(18)21-5)16-12(17)8-6-9(15)11(20-4)10(7-8)19-3/h6-7H,1-5H3,(H,16,17). The van der Waals surface area contributed by atoms with Gasteiger partial charge < -0.3 is 19.5 Å². The molecule has 1 rings (SSSR count). The van der Waals surface area contributed by atoms with E-state index in [-0.39, 0.29) is 10.6 Å². The molecule has 1 N–H and O–H groups in total. The summed E-state index contributed by atoms with van der Waals surface area (Å²) in [5, 5.41) is 2.80. The zero-order chi connectivity index (χ0) is 16.2. The highest BCUT2D eigenvalue weighted by Crippen LogP contribution is 2.36. The van der Waals surface area contributed by atoms with Gasteiger partial charge in [0.25, 0.3) is 5.91 Å². The molecule has 0 fully saturated rings. The molecule has 1 aromatic carbocycles. The number of carbonyl (C=O) groups is 2. The number of rotatable bonds is 5. The number of carbonyl (C=O) groups excluding carboxylic acids is 2. The molecule has 6 nitrogen and oxygen atoms in total. The number of methoxy groups -OCH3 is 3. The molecule has 0 radical (unpaired) electrons. The van der Waals surface area contributed by atoms with Gasteiger partial charge in [-0.1, -0.05) is 11.6 Å². The van der Waals surface area contributed by atoms with E-state index in [4.69, 9.17) is 21.1 Å². The average Bonchev–Trinajstić information content (AvgIpc) is 2.44. The Labute approximate surface area is 128 Å². The second-order valence-corrected chi connectivity index (χ2v) is 5.17. The first-order chi connectivity index (χ1) is 9.76. The maximum atomic E-state index is 12.2. The van der Waals surface area contributed by atoms with E-state index in [9.17, 15) is 9.59 Å². The van der Waals surface area contributed by atoms with Crippen LogP contribution >= 0.6 is 11.6 Å². The molecule has 0 atom stereocenters.